The van der Waals surface area contributed by atoms with Gasteiger partial charge in [-0.3, -0.25) is 4.57 Å². The van der Waals surface area contributed by atoms with Gasteiger partial charge in [-0.15, -0.1) is 0 Å². The van der Waals surface area contributed by atoms with E-state index >= 15 is 0 Å². The second-order valence-corrected chi connectivity index (χ2v) is 8.86. The largest absolute Gasteiger partial charge is 0.376 e. The van der Waals surface area contributed by atoms with Gasteiger partial charge in [0.2, 0.25) is 10.0 Å². The van der Waals surface area contributed by atoms with Crippen LogP contribution in [-0.4, -0.2) is 49.5 Å². The maximum Gasteiger partial charge on any atom is 0.319 e. The summed E-state index contributed by atoms with van der Waals surface area (Å²) in [6.45, 7) is -1.59. The molecule has 3 rings (SSSR count). The van der Waals surface area contributed by atoms with Crippen molar-refractivity contribution in [1.29, 1.82) is 0 Å². The van der Waals surface area contributed by atoms with Gasteiger partial charge in [0.15, 0.2) is 0 Å². The Labute approximate surface area is 164 Å². The van der Waals surface area contributed by atoms with E-state index in [-0.39, 0.29) is 17.3 Å². The van der Waals surface area contributed by atoms with Gasteiger partial charge in [-0.2, -0.15) is 13.1 Å². The van der Waals surface area contributed by atoms with E-state index in [1.165, 1.54) is 16.7 Å². The van der Waals surface area contributed by atoms with E-state index < -0.39 is 16.6 Å². The second kappa shape index (κ2) is 8.44. The third-order valence-corrected chi connectivity index (χ3v) is 6.69. The summed E-state index contributed by atoms with van der Waals surface area (Å²) in [7, 11) is 0.0788. The van der Waals surface area contributed by atoms with Crippen LogP contribution in [0.25, 0.3) is 0 Å². The quantitative estimate of drug-likeness (QED) is 0.755. The summed E-state index contributed by atoms with van der Waals surface area (Å²) in [4.78, 5) is 5.98. The molecule has 0 bridgehead atoms. The number of aromatic nitrogens is 2. The van der Waals surface area contributed by atoms with Gasteiger partial charge in [-0.25, -0.2) is 13.4 Å². The molecule has 2 heterocycles. The van der Waals surface area contributed by atoms with Gasteiger partial charge in [0.05, 0.1) is 22.8 Å². The number of hydrogen-bond acceptors (Lipinski definition) is 5. The van der Waals surface area contributed by atoms with Crippen molar-refractivity contribution < 1.29 is 17.2 Å². The monoisotopic (exact) mass is 413 g/mol. The average molecular weight is 413 g/mol. The Morgan fingerprint density at radius 2 is 1.93 bits per heavy atom. The Morgan fingerprint density at radius 3 is 2.57 bits per heavy atom. The highest BCUT2D eigenvalue weighted by atomic mass is 32.2. The van der Waals surface area contributed by atoms with Crippen molar-refractivity contribution in [2.24, 2.45) is 0 Å². The zero-order valence-corrected chi connectivity index (χ0v) is 16.8. The highest BCUT2D eigenvalue weighted by Crippen LogP contribution is 2.30. The van der Waals surface area contributed by atoms with Crippen LogP contribution in [-0.2, 0) is 16.6 Å². The smallest absolute Gasteiger partial charge is 0.319 e. The maximum absolute atomic E-state index is 13.0. The van der Waals surface area contributed by atoms with E-state index in [4.69, 9.17) is 0 Å². The molecule has 0 radical (unpaired) electrons. The standard InChI is InChI=1S/C18H25F2N5O2S/c1-23(2)16-7-6-14(28(26,27)24-9-4-3-5-10-24)12-15(16)22-13-17-21-8-11-25(17)18(19)20/h6-8,11-12,18,22H,3-5,9-10,13H2,1-2H3. The number of rotatable bonds is 7. The molecular formula is C18H25F2N5O2S. The zero-order valence-electron chi connectivity index (χ0n) is 16.0. The topological polar surface area (TPSA) is 70.5 Å². The van der Waals surface area contributed by atoms with Crippen molar-refractivity contribution in [3.8, 4) is 0 Å². The van der Waals surface area contributed by atoms with Gasteiger partial charge in [-0.1, -0.05) is 6.42 Å². The number of alkyl halides is 2. The summed E-state index contributed by atoms with van der Waals surface area (Å²) in [6, 6.07) is 4.87. The lowest BCUT2D eigenvalue weighted by Gasteiger charge is -2.27. The summed E-state index contributed by atoms with van der Waals surface area (Å²) >= 11 is 0. The van der Waals surface area contributed by atoms with Crippen molar-refractivity contribution in [3.63, 3.8) is 0 Å². The summed E-state index contributed by atoms with van der Waals surface area (Å²) in [5.41, 5.74) is 1.31. The number of anilines is 2. The van der Waals surface area contributed by atoms with Crippen LogP contribution in [0.5, 0.6) is 0 Å². The van der Waals surface area contributed by atoms with Crippen LogP contribution in [0, 0.1) is 0 Å². The summed E-state index contributed by atoms with van der Waals surface area (Å²) in [5.74, 6) is 0.170. The molecule has 0 unspecified atom stereocenters. The lowest BCUT2D eigenvalue weighted by atomic mass is 10.2. The van der Waals surface area contributed by atoms with Gasteiger partial charge in [0.1, 0.15) is 5.82 Å². The second-order valence-electron chi connectivity index (χ2n) is 6.92. The molecule has 0 atom stereocenters. The van der Waals surface area contributed by atoms with E-state index in [2.05, 4.69) is 10.3 Å². The van der Waals surface area contributed by atoms with Gasteiger partial charge in [-0.05, 0) is 31.0 Å². The van der Waals surface area contributed by atoms with Crippen molar-refractivity contribution in [2.75, 3.05) is 37.4 Å². The Hall–Kier alpha value is -2.20. The number of nitrogens with one attached hydrogen (secondary N) is 1. The molecule has 0 saturated carbocycles. The SMILES string of the molecule is CN(C)c1ccc(S(=O)(=O)N2CCCCC2)cc1NCc1nccn1C(F)F. The Balaban J connectivity index is 1.88. The maximum atomic E-state index is 13.0. The molecule has 1 aromatic carbocycles. The number of nitrogens with zero attached hydrogens (tertiary/aromatic N) is 4. The number of halogens is 2. The predicted octanol–water partition coefficient (Wildman–Crippen LogP) is 3.13. The first-order valence-electron chi connectivity index (χ1n) is 9.16. The number of sulfonamides is 1. The van der Waals surface area contributed by atoms with Crippen LogP contribution in [0.2, 0.25) is 0 Å². The molecule has 1 saturated heterocycles. The molecule has 2 aromatic rings. The molecule has 10 heteroatoms. The molecular weight excluding hydrogens is 388 g/mol. The van der Waals surface area contributed by atoms with E-state index in [9.17, 15) is 17.2 Å². The zero-order chi connectivity index (χ0) is 20.3. The van der Waals surface area contributed by atoms with E-state index in [0.717, 1.165) is 29.5 Å². The van der Waals surface area contributed by atoms with E-state index in [1.54, 1.807) is 18.2 Å². The molecule has 1 fully saturated rings. The summed E-state index contributed by atoms with van der Waals surface area (Å²) in [5, 5.41) is 3.07. The van der Waals surface area contributed by atoms with Gasteiger partial charge in [0.25, 0.3) is 0 Å². The van der Waals surface area contributed by atoms with Crippen LogP contribution in [0.3, 0.4) is 0 Å². The highest BCUT2D eigenvalue weighted by molar-refractivity contribution is 7.89. The molecule has 0 spiro atoms. The van der Waals surface area contributed by atoms with Crippen molar-refractivity contribution in [1.82, 2.24) is 13.9 Å². The molecule has 28 heavy (non-hydrogen) atoms. The predicted molar refractivity (Wildman–Crippen MR) is 104 cm³/mol. The molecule has 1 N–H and O–H groups in total. The first kappa shape index (κ1) is 20.5. The number of imidazole rings is 1. The summed E-state index contributed by atoms with van der Waals surface area (Å²) in [6.07, 6.45) is 5.28. The minimum absolute atomic E-state index is 0.0470. The lowest BCUT2D eigenvalue weighted by Crippen LogP contribution is -2.35. The van der Waals surface area contributed by atoms with Crippen LogP contribution in [0.1, 0.15) is 31.6 Å². The number of hydrogen-bond donors (Lipinski definition) is 1. The third-order valence-electron chi connectivity index (χ3n) is 4.80. The average Bonchev–Trinajstić information content (AvgIpc) is 3.15. The molecule has 154 valence electrons. The molecule has 1 aromatic heterocycles. The third kappa shape index (κ3) is 4.27. The minimum Gasteiger partial charge on any atom is -0.376 e. The fourth-order valence-electron chi connectivity index (χ4n) is 3.29. The highest BCUT2D eigenvalue weighted by Gasteiger charge is 2.26. The number of benzene rings is 1. The van der Waals surface area contributed by atoms with Crippen molar-refractivity contribution in [2.45, 2.75) is 37.3 Å². The van der Waals surface area contributed by atoms with E-state index in [1.807, 2.05) is 19.0 Å². The molecule has 0 amide bonds. The first-order valence-corrected chi connectivity index (χ1v) is 10.6. The summed E-state index contributed by atoms with van der Waals surface area (Å²) < 4.78 is 54.3. The Bertz CT molecular complexity index is 908. The van der Waals surface area contributed by atoms with Crippen LogP contribution < -0.4 is 10.2 Å². The molecule has 0 aliphatic carbocycles. The van der Waals surface area contributed by atoms with Gasteiger partial charge >= 0.3 is 6.55 Å². The Kier molecular flexibility index (Phi) is 6.19. The van der Waals surface area contributed by atoms with Crippen molar-refractivity contribution in [3.05, 3.63) is 36.4 Å². The fourth-order valence-corrected chi connectivity index (χ4v) is 4.84. The fraction of sp³-hybridized carbons (Fsp3) is 0.500. The minimum atomic E-state index is -3.59. The Morgan fingerprint density at radius 1 is 1.21 bits per heavy atom. The van der Waals surface area contributed by atoms with Crippen molar-refractivity contribution >= 4 is 21.4 Å². The number of piperidine rings is 1. The van der Waals surface area contributed by atoms with Crippen LogP contribution >= 0.6 is 0 Å². The van der Waals surface area contributed by atoms with Gasteiger partial charge in [0, 0.05) is 39.6 Å². The van der Waals surface area contributed by atoms with Gasteiger partial charge < -0.3 is 10.2 Å². The van der Waals surface area contributed by atoms with Crippen LogP contribution in [0.15, 0.2) is 35.5 Å². The molecule has 1 aliphatic rings. The van der Waals surface area contributed by atoms with E-state index in [0.29, 0.717) is 18.8 Å². The normalized spacial score (nSPS) is 15.8. The lowest BCUT2D eigenvalue weighted by molar-refractivity contribution is 0.0673. The first-order chi connectivity index (χ1) is 13.3. The van der Waals surface area contributed by atoms with Crippen LogP contribution in [0.4, 0.5) is 20.2 Å². The molecule has 1 aliphatic heterocycles. The molecule has 7 nitrogen and oxygen atoms in total.